The Balaban J connectivity index is 1.90. The lowest BCUT2D eigenvalue weighted by molar-refractivity contribution is -0.136. The molecule has 1 aliphatic rings. The Morgan fingerprint density at radius 3 is 2.35 bits per heavy atom. The molecule has 0 saturated carbocycles. The molecule has 0 aromatic heterocycles. The Bertz CT molecular complexity index is 905. The number of carbonyl (C=O) groups is 4. The Kier molecular flexibility index (Phi) is 4.53. The fraction of sp³-hybridized carbons (Fsp3) is 0.158. The maximum Gasteiger partial charge on any atom is 0.261 e. The zero-order valence-corrected chi connectivity index (χ0v) is 14.1. The average molecular weight is 351 g/mol. The van der Waals surface area contributed by atoms with Crippen molar-refractivity contribution in [1.82, 2.24) is 4.90 Å². The number of benzene rings is 2. The van der Waals surface area contributed by atoms with E-state index in [1.54, 1.807) is 48.5 Å². The van der Waals surface area contributed by atoms with Crippen LogP contribution in [0.3, 0.4) is 0 Å². The van der Waals surface area contributed by atoms with Gasteiger partial charge in [0.25, 0.3) is 5.91 Å². The van der Waals surface area contributed by atoms with Crippen molar-refractivity contribution in [3.05, 3.63) is 65.2 Å². The predicted molar refractivity (Wildman–Crippen MR) is 94.0 cm³/mol. The van der Waals surface area contributed by atoms with Crippen molar-refractivity contribution in [2.75, 3.05) is 5.32 Å². The van der Waals surface area contributed by atoms with E-state index in [1.807, 2.05) is 0 Å². The van der Waals surface area contributed by atoms with Gasteiger partial charge in [0.15, 0.2) is 0 Å². The summed E-state index contributed by atoms with van der Waals surface area (Å²) in [6.07, 6.45) is 0. The van der Waals surface area contributed by atoms with E-state index >= 15 is 0 Å². The highest BCUT2D eigenvalue weighted by molar-refractivity contribution is 6.18. The summed E-state index contributed by atoms with van der Waals surface area (Å²) in [7, 11) is 0. The van der Waals surface area contributed by atoms with Gasteiger partial charge in [-0.2, -0.15) is 0 Å². The molecule has 1 heterocycles. The van der Waals surface area contributed by atoms with Gasteiger partial charge < -0.3 is 11.1 Å². The van der Waals surface area contributed by atoms with Crippen LogP contribution in [-0.4, -0.2) is 28.5 Å². The smallest absolute Gasteiger partial charge is 0.261 e. The first-order valence-corrected chi connectivity index (χ1v) is 7.99. The van der Waals surface area contributed by atoms with Gasteiger partial charge in [0.05, 0.1) is 6.54 Å². The molecule has 0 radical (unpaired) electrons. The first kappa shape index (κ1) is 17.3. The average Bonchev–Trinajstić information content (AvgIpc) is 2.59. The third-order valence-corrected chi connectivity index (χ3v) is 4.16. The van der Waals surface area contributed by atoms with Crippen LogP contribution in [0.15, 0.2) is 48.5 Å². The third-order valence-electron chi connectivity index (χ3n) is 4.16. The van der Waals surface area contributed by atoms with Crippen LogP contribution in [0.1, 0.15) is 34.3 Å². The van der Waals surface area contributed by atoms with Gasteiger partial charge in [-0.3, -0.25) is 24.1 Å². The molecular weight excluding hydrogens is 334 g/mol. The van der Waals surface area contributed by atoms with E-state index < -0.39 is 23.6 Å². The number of nitrogens with zero attached hydrogens (tertiary/aromatic N) is 1. The number of hydrogen-bond acceptors (Lipinski definition) is 4. The van der Waals surface area contributed by atoms with E-state index in [0.717, 1.165) is 4.90 Å². The number of anilines is 1. The Hall–Kier alpha value is -3.48. The number of rotatable bonds is 4. The van der Waals surface area contributed by atoms with Crippen molar-refractivity contribution in [2.45, 2.75) is 19.4 Å². The summed E-state index contributed by atoms with van der Waals surface area (Å²) in [6, 6.07) is 13.2. The van der Waals surface area contributed by atoms with Crippen LogP contribution in [0.25, 0.3) is 0 Å². The molecule has 7 nitrogen and oxygen atoms in total. The minimum Gasteiger partial charge on any atom is -0.369 e. The van der Waals surface area contributed by atoms with Crippen molar-refractivity contribution >= 4 is 29.3 Å². The number of imide groups is 1. The van der Waals surface area contributed by atoms with Crippen molar-refractivity contribution in [3.63, 3.8) is 0 Å². The number of nitrogens with one attached hydrogen (secondary N) is 1. The standard InChI is InChI=1S/C19H17N3O4/c1-11(23)21-13-8-6-12(7-9-13)10-22-18(25)15-5-3-2-4-14(15)16(17(20)24)19(22)26/h2-9,16H,10H2,1H3,(H2,20,24)(H,21,23). The Morgan fingerprint density at radius 2 is 1.73 bits per heavy atom. The van der Waals surface area contributed by atoms with E-state index in [9.17, 15) is 19.2 Å². The van der Waals surface area contributed by atoms with E-state index in [4.69, 9.17) is 5.73 Å². The molecule has 0 aliphatic carbocycles. The molecule has 3 N–H and O–H groups in total. The molecule has 2 aromatic rings. The van der Waals surface area contributed by atoms with Crippen LogP contribution >= 0.6 is 0 Å². The van der Waals surface area contributed by atoms with Gasteiger partial charge >= 0.3 is 0 Å². The van der Waals surface area contributed by atoms with Gasteiger partial charge in [0.2, 0.25) is 17.7 Å². The highest BCUT2D eigenvalue weighted by Crippen LogP contribution is 2.30. The summed E-state index contributed by atoms with van der Waals surface area (Å²) in [5, 5.41) is 2.64. The fourth-order valence-electron chi connectivity index (χ4n) is 2.98. The minimum atomic E-state index is -1.18. The van der Waals surface area contributed by atoms with Crippen molar-refractivity contribution in [1.29, 1.82) is 0 Å². The first-order chi connectivity index (χ1) is 12.4. The maximum absolute atomic E-state index is 12.7. The van der Waals surface area contributed by atoms with Crippen LogP contribution in [0.2, 0.25) is 0 Å². The quantitative estimate of drug-likeness (QED) is 0.641. The lowest BCUT2D eigenvalue weighted by Crippen LogP contribution is -2.47. The number of carbonyl (C=O) groups excluding carboxylic acids is 4. The van der Waals surface area contributed by atoms with E-state index in [2.05, 4.69) is 5.32 Å². The molecule has 1 unspecified atom stereocenters. The highest BCUT2D eigenvalue weighted by Gasteiger charge is 2.41. The fourth-order valence-corrected chi connectivity index (χ4v) is 2.98. The number of fused-ring (bicyclic) bond motifs is 1. The van der Waals surface area contributed by atoms with Gasteiger partial charge in [-0.1, -0.05) is 30.3 Å². The molecule has 0 bridgehead atoms. The molecule has 1 aliphatic heterocycles. The number of hydrogen-bond donors (Lipinski definition) is 2. The summed E-state index contributed by atoms with van der Waals surface area (Å²) in [6.45, 7) is 1.41. The summed E-state index contributed by atoms with van der Waals surface area (Å²) in [5.74, 6) is -3.26. The topological polar surface area (TPSA) is 110 Å². The lowest BCUT2D eigenvalue weighted by atomic mass is 9.87. The largest absolute Gasteiger partial charge is 0.369 e. The van der Waals surface area contributed by atoms with Crippen LogP contribution in [0.4, 0.5) is 5.69 Å². The molecule has 0 spiro atoms. The zero-order valence-electron chi connectivity index (χ0n) is 14.1. The van der Waals surface area contributed by atoms with Gasteiger partial charge in [-0.25, -0.2) is 0 Å². The van der Waals surface area contributed by atoms with Gasteiger partial charge in [-0.05, 0) is 29.3 Å². The molecule has 0 fully saturated rings. The van der Waals surface area contributed by atoms with E-state index in [0.29, 0.717) is 22.4 Å². The first-order valence-electron chi connectivity index (χ1n) is 7.99. The second-order valence-corrected chi connectivity index (χ2v) is 6.03. The van der Waals surface area contributed by atoms with Crippen LogP contribution < -0.4 is 11.1 Å². The number of amides is 4. The van der Waals surface area contributed by atoms with E-state index in [-0.39, 0.29) is 12.5 Å². The molecule has 132 valence electrons. The van der Waals surface area contributed by atoms with E-state index in [1.165, 1.54) is 6.92 Å². The minimum absolute atomic E-state index is 0.0101. The maximum atomic E-state index is 12.7. The Labute approximate surface area is 149 Å². The molecule has 26 heavy (non-hydrogen) atoms. The second-order valence-electron chi connectivity index (χ2n) is 6.03. The SMILES string of the molecule is CC(=O)Nc1ccc(CN2C(=O)c3ccccc3C(C(N)=O)C2=O)cc1. The molecule has 1 atom stereocenters. The summed E-state index contributed by atoms with van der Waals surface area (Å²) in [5.41, 5.74) is 7.33. The predicted octanol–water partition coefficient (Wildman–Crippen LogP) is 1.40. The van der Waals surface area contributed by atoms with Crippen molar-refractivity contribution in [3.8, 4) is 0 Å². The van der Waals surface area contributed by atoms with Crippen LogP contribution in [-0.2, 0) is 20.9 Å². The monoisotopic (exact) mass is 351 g/mol. The molecule has 0 saturated heterocycles. The summed E-state index contributed by atoms with van der Waals surface area (Å²) >= 11 is 0. The lowest BCUT2D eigenvalue weighted by Gasteiger charge is -2.31. The van der Waals surface area contributed by atoms with Crippen molar-refractivity contribution < 1.29 is 19.2 Å². The molecule has 7 heteroatoms. The van der Waals surface area contributed by atoms with Crippen LogP contribution in [0.5, 0.6) is 0 Å². The number of primary amides is 1. The second kappa shape index (κ2) is 6.79. The van der Waals surface area contributed by atoms with Crippen molar-refractivity contribution in [2.24, 2.45) is 5.73 Å². The molecule has 4 amide bonds. The zero-order chi connectivity index (χ0) is 18.8. The van der Waals surface area contributed by atoms with Gasteiger partial charge in [-0.15, -0.1) is 0 Å². The summed E-state index contributed by atoms with van der Waals surface area (Å²) < 4.78 is 0. The normalized spacial score (nSPS) is 16.2. The molecule has 3 rings (SSSR count). The Morgan fingerprint density at radius 1 is 1.08 bits per heavy atom. The highest BCUT2D eigenvalue weighted by atomic mass is 16.2. The van der Waals surface area contributed by atoms with Gasteiger partial charge in [0.1, 0.15) is 5.92 Å². The van der Waals surface area contributed by atoms with Crippen LogP contribution in [0, 0.1) is 0 Å². The third kappa shape index (κ3) is 3.19. The molecule has 2 aromatic carbocycles. The summed E-state index contributed by atoms with van der Waals surface area (Å²) in [4.78, 5) is 49.3. The molecular formula is C19H17N3O4. The number of nitrogens with two attached hydrogens (primary N) is 1. The van der Waals surface area contributed by atoms with Gasteiger partial charge in [0, 0.05) is 18.2 Å².